The Bertz CT molecular complexity index is 567. The van der Waals surface area contributed by atoms with Gasteiger partial charge in [-0.25, -0.2) is 0 Å². The van der Waals surface area contributed by atoms with Crippen LogP contribution in [0.2, 0.25) is 0 Å². The molecule has 0 bridgehead atoms. The van der Waals surface area contributed by atoms with Gasteiger partial charge in [0.05, 0.1) is 19.4 Å². The van der Waals surface area contributed by atoms with E-state index in [1.54, 1.807) is 7.11 Å². The Morgan fingerprint density at radius 3 is 2.60 bits per heavy atom. The minimum Gasteiger partial charge on any atom is -0.496 e. The molecule has 2 rings (SSSR count). The van der Waals surface area contributed by atoms with Crippen molar-refractivity contribution in [3.8, 4) is 11.5 Å². The van der Waals surface area contributed by atoms with Crippen LogP contribution in [0.4, 0.5) is 5.69 Å². The molecular formula is C17H21NO2. The van der Waals surface area contributed by atoms with Crippen LogP contribution in [0.5, 0.6) is 11.5 Å². The monoisotopic (exact) mass is 271 g/mol. The van der Waals surface area contributed by atoms with Crippen molar-refractivity contribution in [3.05, 3.63) is 53.6 Å². The van der Waals surface area contributed by atoms with Crippen LogP contribution < -0.4 is 14.8 Å². The van der Waals surface area contributed by atoms with E-state index >= 15 is 0 Å². The minimum absolute atomic E-state index is 0.659. The third-order valence-electron chi connectivity index (χ3n) is 3.09. The average molecular weight is 271 g/mol. The van der Waals surface area contributed by atoms with Gasteiger partial charge in [0.15, 0.2) is 0 Å². The van der Waals surface area contributed by atoms with Crippen LogP contribution in [0.15, 0.2) is 42.5 Å². The van der Waals surface area contributed by atoms with E-state index in [1.165, 1.54) is 5.56 Å². The van der Waals surface area contributed by atoms with E-state index in [0.29, 0.717) is 13.2 Å². The summed E-state index contributed by atoms with van der Waals surface area (Å²) in [6.07, 6.45) is 0. The first-order chi connectivity index (χ1) is 9.74. The summed E-state index contributed by atoms with van der Waals surface area (Å²) in [7, 11) is 1.70. The molecule has 3 nitrogen and oxygen atoms in total. The number of rotatable bonds is 6. The molecule has 0 unspecified atom stereocenters. The van der Waals surface area contributed by atoms with Crippen LogP contribution in [0.3, 0.4) is 0 Å². The molecule has 106 valence electrons. The van der Waals surface area contributed by atoms with E-state index in [4.69, 9.17) is 9.47 Å². The maximum atomic E-state index is 5.61. The van der Waals surface area contributed by atoms with E-state index in [1.807, 2.05) is 37.3 Å². The molecule has 0 fully saturated rings. The summed E-state index contributed by atoms with van der Waals surface area (Å²) in [4.78, 5) is 0. The molecule has 0 aromatic heterocycles. The molecule has 3 heteroatoms. The van der Waals surface area contributed by atoms with Crippen LogP contribution in [-0.2, 0) is 6.54 Å². The Kier molecular flexibility index (Phi) is 4.88. The van der Waals surface area contributed by atoms with Crippen LogP contribution in [0.25, 0.3) is 0 Å². The predicted octanol–water partition coefficient (Wildman–Crippen LogP) is 4.01. The van der Waals surface area contributed by atoms with Crippen molar-refractivity contribution >= 4 is 5.69 Å². The molecular weight excluding hydrogens is 250 g/mol. The number of methoxy groups -OCH3 is 1. The van der Waals surface area contributed by atoms with Gasteiger partial charge in [0.1, 0.15) is 11.5 Å². The molecule has 0 heterocycles. The highest BCUT2D eigenvalue weighted by molar-refractivity contribution is 5.56. The zero-order chi connectivity index (χ0) is 14.4. The highest BCUT2D eigenvalue weighted by Crippen LogP contribution is 2.26. The summed E-state index contributed by atoms with van der Waals surface area (Å²) in [5.74, 6) is 1.78. The van der Waals surface area contributed by atoms with Gasteiger partial charge in [0.25, 0.3) is 0 Å². The molecule has 0 saturated heterocycles. The molecule has 0 aliphatic rings. The van der Waals surface area contributed by atoms with E-state index in [2.05, 4.69) is 24.4 Å². The van der Waals surface area contributed by atoms with Gasteiger partial charge in [-0.05, 0) is 32.0 Å². The van der Waals surface area contributed by atoms with E-state index in [-0.39, 0.29) is 0 Å². The number of benzene rings is 2. The number of aryl methyl sites for hydroxylation is 1. The average Bonchev–Trinajstić information content (AvgIpc) is 2.47. The fourth-order valence-corrected chi connectivity index (χ4v) is 2.13. The first-order valence-electron chi connectivity index (χ1n) is 6.83. The molecule has 2 aromatic rings. The SMILES string of the molecule is CCOc1ccccc1NCc1cc(C)ccc1OC. The van der Waals surface area contributed by atoms with E-state index in [9.17, 15) is 0 Å². The van der Waals surface area contributed by atoms with Gasteiger partial charge in [-0.15, -0.1) is 0 Å². The summed E-state index contributed by atoms with van der Waals surface area (Å²) < 4.78 is 11.0. The number of hydrogen-bond donors (Lipinski definition) is 1. The van der Waals surface area contributed by atoms with E-state index < -0.39 is 0 Å². The summed E-state index contributed by atoms with van der Waals surface area (Å²) in [5, 5.41) is 3.41. The molecule has 2 aromatic carbocycles. The number of nitrogens with one attached hydrogen (secondary N) is 1. The van der Waals surface area contributed by atoms with Crippen LogP contribution >= 0.6 is 0 Å². The van der Waals surface area contributed by atoms with Crippen LogP contribution in [-0.4, -0.2) is 13.7 Å². The fraction of sp³-hybridized carbons (Fsp3) is 0.294. The Hall–Kier alpha value is -2.16. The smallest absolute Gasteiger partial charge is 0.142 e. The van der Waals surface area contributed by atoms with Gasteiger partial charge in [-0.3, -0.25) is 0 Å². The lowest BCUT2D eigenvalue weighted by molar-refractivity contribution is 0.341. The number of anilines is 1. The highest BCUT2D eigenvalue weighted by Gasteiger charge is 2.05. The van der Waals surface area contributed by atoms with Crippen molar-refractivity contribution in [3.63, 3.8) is 0 Å². The third kappa shape index (κ3) is 3.44. The molecule has 0 radical (unpaired) electrons. The zero-order valence-corrected chi connectivity index (χ0v) is 12.3. The summed E-state index contributed by atoms with van der Waals surface area (Å²) >= 11 is 0. The molecule has 0 amide bonds. The lowest BCUT2D eigenvalue weighted by Gasteiger charge is -2.14. The second-order valence-corrected chi connectivity index (χ2v) is 4.60. The van der Waals surface area contributed by atoms with Crippen molar-refractivity contribution in [2.45, 2.75) is 20.4 Å². The largest absolute Gasteiger partial charge is 0.496 e. The van der Waals surface area contributed by atoms with Gasteiger partial charge in [-0.2, -0.15) is 0 Å². The number of ether oxygens (including phenoxy) is 2. The molecule has 0 atom stereocenters. The maximum Gasteiger partial charge on any atom is 0.142 e. The lowest BCUT2D eigenvalue weighted by Crippen LogP contribution is -2.04. The van der Waals surface area contributed by atoms with Crippen molar-refractivity contribution in [2.24, 2.45) is 0 Å². The van der Waals surface area contributed by atoms with Crippen molar-refractivity contribution < 1.29 is 9.47 Å². The Morgan fingerprint density at radius 2 is 1.85 bits per heavy atom. The van der Waals surface area contributed by atoms with Gasteiger partial charge in [-0.1, -0.05) is 29.8 Å². The van der Waals surface area contributed by atoms with Crippen molar-refractivity contribution in [1.29, 1.82) is 0 Å². The van der Waals surface area contributed by atoms with Gasteiger partial charge < -0.3 is 14.8 Å². The topological polar surface area (TPSA) is 30.5 Å². The lowest BCUT2D eigenvalue weighted by atomic mass is 10.1. The summed E-state index contributed by atoms with van der Waals surface area (Å²) in [5.41, 5.74) is 3.36. The second kappa shape index (κ2) is 6.85. The second-order valence-electron chi connectivity index (χ2n) is 4.60. The predicted molar refractivity (Wildman–Crippen MR) is 82.7 cm³/mol. The van der Waals surface area contributed by atoms with Gasteiger partial charge >= 0.3 is 0 Å². The Labute approximate surface area is 120 Å². The third-order valence-corrected chi connectivity index (χ3v) is 3.09. The van der Waals surface area contributed by atoms with E-state index in [0.717, 1.165) is 22.7 Å². The highest BCUT2D eigenvalue weighted by atomic mass is 16.5. The molecule has 0 aliphatic heterocycles. The summed E-state index contributed by atoms with van der Waals surface area (Å²) in [6, 6.07) is 14.2. The molecule has 0 aliphatic carbocycles. The molecule has 1 N–H and O–H groups in total. The normalized spacial score (nSPS) is 10.2. The van der Waals surface area contributed by atoms with Crippen molar-refractivity contribution in [1.82, 2.24) is 0 Å². The Balaban J connectivity index is 2.14. The first kappa shape index (κ1) is 14.3. The summed E-state index contributed by atoms with van der Waals surface area (Å²) in [6.45, 7) is 5.43. The van der Waals surface area contributed by atoms with Crippen LogP contribution in [0.1, 0.15) is 18.1 Å². The minimum atomic E-state index is 0.659. The van der Waals surface area contributed by atoms with Gasteiger partial charge in [0, 0.05) is 12.1 Å². The van der Waals surface area contributed by atoms with Crippen LogP contribution in [0, 0.1) is 6.92 Å². The zero-order valence-electron chi connectivity index (χ0n) is 12.3. The number of hydrogen-bond acceptors (Lipinski definition) is 3. The standard InChI is InChI=1S/C17H21NO2/c1-4-20-17-8-6-5-7-15(17)18-12-14-11-13(2)9-10-16(14)19-3/h5-11,18H,4,12H2,1-3H3. The molecule has 0 spiro atoms. The molecule has 0 saturated carbocycles. The van der Waals surface area contributed by atoms with Gasteiger partial charge in [0.2, 0.25) is 0 Å². The Morgan fingerprint density at radius 1 is 1.05 bits per heavy atom. The fourth-order valence-electron chi connectivity index (χ4n) is 2.13. The maximum absolute atomic E-state index is 5.61. The molecule has 20 heavy (non-hydrogen) atoms. The first-order valence-corrected chi connectivity index (χ1v) is 6.83. The number of para-hydroxylation sites is 2. The quantitative estimate of drug-likeness (QED) is 0.861. The van der Waals surface area contributed by atoms with Crippen molar-refractivity contribution in [2.75, 3.05) is 19.0 Å².